The van der Waals surface area contributed by atoms with Crippen LogP contribution in [-0.2, 0) is 0 Å². The van der Waals surface area contributed by atoms with Crippen LogP contribution in [0.25, 0.3) is 41.6 Å². The number of nitro benzene ring substituents is 1. The monoisotopic (exact) mass is 588 g/mol. The number of rotatable bonds is 5. The fourth-order valence-electron chi connectivity index (χ4n) is 3.77. The first-order valence-electron chi connectivity index (χ1n) is 12.5. The molecular weight excluding hydrogens is 560 g/mol. The van der Waals surface area contributed by atoms with Gasteiger partial charge in [-0.15, -0.1) is 22.7 Å². The number of aromatic nitrogens is 2. The number of hydrogen-bond donors (Lipinski definition) is 2. The number of aliphatic hydroxyl groups excluding tert-OH is 1. The molecule has 3 N–H and O–H groups in total. The van der Waals surface area contributed by atoms with Gasteiger partial charge >= 0.3 is 0 Å². The standard InChI is InChI=1S/C14H10N2O3S.C14H12N2OS.C2H6O/c1-19-11-3-2-4-12-13(11)15-14(20-12)9-5-7-10(8-6-9)16(17)18;1-17-11-3-2-4-12-13(11)16-14(18-12)9-5-7-10(15)8-6-9;1-2-3/h2-8H,1H3;2-8H,15H2,1H3;3H,2H2,1H3. The third kappa shape index (κ3) is 6.95. The van der Waals surface area contributed by atoms with Crippen LogP contribution in [0.1, 0.15) is 6.92 Å². The second-order valence-electron chi connectivity index (χ2n) is 8.39. The summed E-state index contributed by atoms with van der Waals surface area (Å²) < 4.78 is 12.8. The van der Waals surface area contributed by atoms with E-state index in [2.05, 4.69) is 16.0 Å². The molecule has 210 valence electrons. The van der Waals surface area contributed by atoms with Gasteiger partial charge in [0.25, 0.3) is 5.69 Å². The van der Waals surface area contributed by atoms with E-state index < -0.39 is 4.92 Å². The second kappa shape index (κ2) is 13.7. The summed E-state index contributed by atoms with van der Waals surface area (Å²) in [6, 6.07) is 25.8. The predicted octanol–water partition coefficient (Wildman–Crippen LogP) is 7.43. The van der Waals surface area contributed by atoms with Crippen LogP contribution in [0.15, 0.2) is 84.9 Å². The number of aliphatic hydroxyl groups is 1. The molecule has 0 atom stereocenters. The molecular formula is C30H28N4O5S2. The maximum atomic E-state index is 10.6. The average Bonchev–Trinajstić information content (AvgIpc) is 3.63. The molecule has 0 aliphatic rings. The van der Waals surface area contributed by atoms with E-state index in [0.29, 0.717) is 0 Å². The molecule has 41 heavy (non-hydrogen) atoms. The van der Waals surface area contributed by atoms with Gasteiger partial charge in [0.15, 0.2) is 0 Å². The topological polar surface area (TPSA) is 134 Å². The summed E-state index contributed by atoms with van der Waals surface area (Å²) in [4.78, 5) is 19.4. The Hall–Kier alpha value is -4.58. The third-order valence-electron chi connectivity index (χ3n) is 5.69. The zero-order valence-corrected chi connectivity index (χ0v) is 24.2. The van der Waals surface area contributed by atoms with Gasteiger partial charge in [-0.2, -0.15) is 0 Å². The summed E-state index contributed by atoms with van der Waals surface area (Å²) >= 11 is 3.19. The number of nitrogen functional groups attached to an aromatic ring is 1. The number of nitro groups is 1. The molecule has 0 amide bonds. The lowest BCUT2D eigenvalue weighted by atomic mass is 10.2. The third-order valence-corrected chi connectivity index (χ3v) is 7.83. The number of non-ortho nitro benzene ring substituents is 1. The van der Waals surface area contributed by atoms with Crippen molar-refractivity contribution in [2.75, 3.05) is 26.6 Å². The molecule has 0 radical (unpaired) electrons. The van der Waals surface area contributed by atoms with Gasteiger partial charge in [0, 0.05) is 35.6 Å². The molecule has 0 bridgehead atoms. The van der Waals surface area contributed by atoms with Crippen molar-refractivity contribution in [1.29, 1.82) is 0 Å². The minimum atomic E-state index is -0.412. The molecule has 6 rings (SSSR count). The first-order valence-corrected chi connectivity index (χ1v) is 14.1. The highest BCUT2D eigenvalue weighted by Crippen LogP contribution is 2.36. The summed E-state index contributed by atoms with van der Waals surface area (Å²) in [5, 5.41) is 20.0. The van der Waals surface area contributed by atoms with Gasteiger partial charge in [-0.05, 0) is 67.6 Å². The highest BCUT2D eigenvalue weighted by molar-refractivity contribution is 7.22. The van der Waals surface area contributed by atoms with Crippen molar-refractivity contribution in [3.63, 3.8) is 0 Å². The van der Waals surface area contributed by atoms with Crippen molar-refractivity contribution in [2.24, 2.45) is 0 Å². The van der Waals surface area contributed by atoms with Crippen LogP contribution in [0.5, 0.6) is 11.5 Å². The number of fused-ring (bicyclic) bond motifs is 2. The van der Waals surface area contributed by atoms with Crippen molar-refractivity contribution in [2.45, 2.75) is 6.92 Å². The molecule has 0 saturated carbocycles. The number of ether oxygens (including phenoxy) is 2. The summed E-state index contributed by atoms with van der Waals surface area (Å²) in [5.41, 5.74) is 10.2. The van der Waals surface area contributed by atoms with Crippen LogP contribution in [0, 0.1) is 10.1 Å². The van der Waals surface area contributed by atoms with E-state index in [9.17, 15) is 10.1 Å². The zero-order chi connectivity index (χ0) is 29.4. The number of anilines is 1. The lowest BCUT2D eigenvalue weighted by molar-refractivity contribution is -0.384. The van der Waals surface area contributed by atoms with Crippen LogP contribution >= 0.6 is 22.7 Å². The Kier molecular flexibility index (Phi) is 9.80. The fraction of sp³-hybridized carbons (Fsp3) is 0.133. The number of nitrogens with two attached hydrogens (primary N) is 1. The minimum Gasteiger partial charge on any atom is -0.494 e. The molecule has 4 aromatic carbocycles. The summed E-state index contributed by atoms with van der Waals surface area (Å²) in [6.07, 6.45) is 0. The molecule has 6 aromatic rings. The smallest absolute Gasteiger partial charge is 0.269 e. The molecule has 0 aliphatic heterocycles. The van der Waals surface area contributed by atoms with E-state index in [1.54, 1.807) is 44.6 Å². The summed E-state index contributed by atoms with van der Waals surface area (Å²) in [5.74, 6) is 1.54. The van der Waals surface area contributed by atoms with E-state index in [1.165, 1.54) is 23.5 Å². The number of thiazole rings is 2. The Morgan fingerprint density at radius 2 is 1.20 bits per heavy atom. The molecule has 2 heterocycles. The van der Waals surface area contributed by atoms with Crippen molar-refractivity contribution in [1.82, 2.24) is 9.97 Å². The molecule has 0 unspecified atom stereocenters. The number of para-hydroxylation sites is 2. The Labute approximate surface area is 244 Å². The zero-order valence-electron chi connectivity index (χ0n) is 22.6. The molecule has 0 saturated heterocycles. The number of benzene rings is 4. The summed E-state index contributed by atoms with van der Waals surface area (Å²) in [7, 11) is 3.27. The van der Waals surface area contributed by atoms with Gasteiger partial charge in [-0.3, -0.25) is 10.1 Å². The van der Waals surface area contributed by atoms with Gasteiger partial charge in [0.2, 0.25) is 0 Å². The van der Waals surface area contributed by atoms with Crippen LogP contribution < -0.4 is 15.2 Å². The van der Waals surface area contributed by atoms with Crippen molar-refractivity contribution in [3.05, 3.63) is 95.0 Å². The normalized spacial score (nSPS) is 10.3. The lowest BCUT2D eigenvalue weighted by Gasteiger charge is -1.98. The Morgan fingerprint density at radius 3 is 1.59 bits per heavy atom. The number of methoxy groups -OCH3 is 2. The van der Waals surface area contributed by atoms with Crippen molar-refractivity contribution < 1.29 is 19.5 Å². The van der Waals surface area contributed by atoms with Gasteiger partial charge in [0.1, 0.15) is 32.5 Å². The first-order chi connectivity index (χ1) is 19.9. The van der Waals surface area contributed by atoms with Gasteiger partial charge in [-0.25, -0.2) is 9.97 Å². The fourth-order valence-corrected chi connectivity index (χ4v) is 5.75. The molecule has 0 fully saturated rings. The maximum absolute atomic E-state index is 10.6. The average molecular weight is 589 g/mol. The van der Waals surface area contributed by atoms with E-state index in [1.807, 2.05) is 54.6 Å². The van der Waals surface area contributed by atoms with E-state index >= 15 is 0 Å². The first kappa shape index (κ1) is 29.4. The van der Waals surface area contributed by atoms with Crippen molar-refractivity contribution >= 4 is 54.5 Å². The predicted molar refractivity (Wildman–Crippen MR) is 167 cm³/mol. The molecule has 9 nitrogen and oxygen atoms in total. The van der Waals surface area contributed by atoms with Gasteiger partial charge in [0.05, 0.1) is 28.5 Å². The minimum absolute atomic E-state index is 0.0763. The van der Waals surface area contributed by atoms with Gasteiger partial charge < -0.3 is 20.3 Å². The van der Waals surface area contributed by atoms with Crippen LogP contribution in [0.4, 0.5) is 11.4 Å². The SMILES string of the molecule is CCO.COc1cccc2sc(-c3ccc(N)cc3)nc12.COc1cccc2sc(-c3ccc([N+](=O)[O-])cc3)nc12. The molecule has 0 spiro atoms. The molecule has 0 aliphatic carbocycles. The number of hydrogen-bond acceptors (Lipinski definition) is 10. The van der Waals surface area contributed by atoms with Crippen LogP contribution in [-0.4, -0.2) is 40.8 Å². The number of nitrogens with zero attached hydrogens (tertiary/aromatic N) is 3. The second-order valence-corrected chi connectivity index (χ2v) is 10.5. The highest BCUT2D eigenvalue weighted by atomic mass is 32.1. The maximum Gasteiger partial charge on any atom is 0.269 e. The molecule has 11 heteroatoms. The van der Waals surface area contributed by atoms with Crippen LogP contribution in [0.2, 0.25) is 0 Å². The van der Waals surface area contributed by atoms with E-state index in [0.717, 1.165) is 58.8 Å². The Morgan fingerprint density at radius 1 is 0.780 bits per heavy atom. The lowest BCUT2D eigenvalue weighted by Crippen LogP contribution is -1.87. The van der Waals surface area contributed by atoms with Gasteiger partial charge in [-0.1, -0.05) is 12.1 Å². The molecule has 2 aromatic heterocycles. The van der Waals surface area contributed by atoms with Crippen LogP contribution in [0.3, 0.4) is 0 Å². The Balaban J connectivity index is 0.000000173. The van der Waals surface area contributed by atoms with E-state index in [-0.39, 0.29) is 12.3 Å². The highest BCUT2D eigenvalue weighted by Gasteiger charge is 2.12. The van der Waals surface area contributed by atoms with E-state index in [4.69, 9.17) is 20.3 Å². The summed E-state index contributed by atoms with van der Waals surface area (Å²) in [6.45, 7) is 1.93. The largest absolute Gasteiger partial charge is 0.494 e. The Bertz CT molecular complexity index is 1750. The quantitative estimate of drug-likeness (QED) is 0.121. The van der Waals surface area contributed by atoms with Crippen molar-refractivity contribution in [3.8, 4) is 32.6 Å².